The normalized spacial score (nSPS) is 19.0. The number of aromatic nitrogens is 5. The Kier molecular flexibility index (Phi) is 4.31. The van der Waals surface area contributed by atoms with Crippen molar-refractivity contribution >= 4 is 17.4 Å². The molecule has 2 aromatic heterocycles. The molecule has 1 aliphatic heterocycles. The Morgan fingerprint density at radius 2 is 2.19 bits per heavy atom. The lowest BCUT2D eigenvalue weighted by Crippen LogP contribution is -2.37. The predicted octanol–water partition coefficient (Wildman–Crippen LogP) is 1.13. The number of anilines is 1. The number of piperidine rings is 1. The Hall–Kier alpha value is -1.73. The average molecular weight is 309 g/mol. The summed E-state index contributed by atoms with van der Waals surface area (Å²) in [5.74, 6) is 1.34. The molecule has 8 heteroatoms. The minimum absolute atomic E-state index is 0.0723. The minimum atomic E-state index is -0.0723. The van der Waals surface area contributed by atoms with Crippen molar-refractivity contribution in [3.8, 4) is 0 Å². The van der Waals surface area contributed by atoms with Crippen molar-refractivity contribution in [1.82, 2.24) is 25.2 Å². The van der Waals surface area contributed by atoms with Crippen molar-refractivity contribution in [3.63, 3.8) is 0 Å². The van der Waals surface area contributed by atoms with Gasteiger partial charge in [-0.2, -0.15) is 0 Å². The monoisotopic (exact) mass is 308 g/mol. The first kappa shape index (κ1) is 14.2. The van der Waals surface area contributed by atoms with Gasteiger partial charge in [0, 0.05) is 19.6 Å². The molecule has 0 radical (unpaired) electrons. The van der Waals surface area contributed by atoms with Gasteiger partial charge in [-0.05, 0) is 30.9 Å². The maximum absolute atomic E-state index is 9.02. The van der Waals surface area contributed by atoms with E-state index in [-0.39, 0.29) is 6.61 Å². The number of hydrogen-bond donors (Lipinski definition) is 1. The first-order valence-electron chi connectivity index (χ1n) is 6.98. The predicted molar refractivity (Wildman–Crippen MR) is 77.9 cm³/mol. The van der Waals surface area contributed by atoms with Crippen LogP contribution in [0.1, 0.15) is 18.5 Å². The fourth-order valence-electron chi connectivity index (χ4n) is 2.66. The van der Waals surface area contributed by atoms with E-state index in [1.54, 1.807) is 16.9 Å². The maximum atomic E-state index is 9.02. The molecule has 7 nitrogen and oxygen atoms in total. The van der Waals surface area contributed by atoms with Gasteiger partial charge in [0.1, 0.15) is 5.69 Å². The summed E-state index contributed by atoms with van der Waals surface area (Å²) in [5, 5.41) is 25.4. The zero-order chi connectivity index (χ0) is 14.7. The summed E-state index contributed by atoms with van der Waals surface area (Å²) in [7, 11) is 0. The van der Waals surface area contributed by atoms with E-state index in [1.165, 1.54) is 0 Å². The standard InChI is InChI=1S/C13H17ClN6O/c14-12-3-4-13(17-16-12)19-5-1-2-10(6-19)7-20-8-11(9-21)15-18-20/h3-4,8,10,21H,1-2,5-7,9H2/t10-/m1/s1. The zero-order valence-electron chi connectivity index (χ0n) is 11.6. The van der Waals surface area contributed by atoms with E-state index in [0.29, 0.717) is 16.8 Å². The summed E-state index contributed by atoms with van der Waals surface area (Å²) in [6.07, 6.45) is 4.05. The van der Waals surface area contributed by atoms with E-state index in [2.05, 4.69) is 25.4 Å². The van der Waals surface area contributed by atoms with Crippen LogP contribution in [0.2, 0.25) is 5.15 Å². The molecule has 0 bridgehead atoms. The second-order valence-corrected chi connectivity index (χ2v) is 5.65. The van der Waals surface area contributed by atoms with Crippen LogP contribution in [0.3, 0.4) is 0 Å². The molecular formula is C13H17ClN6O. The molecule has 1 saturated heterocycles. The first-order valence-corrected chi connectivity index (χ1v) is 7.36. The third kappa shape index (κ3) is 3.48. The second-order valence-electron chi connectivity index (χ2n) is 5.26. The third-order valence-electron chi connectivity index (χ3n) is 3.65. The molecule has 0 amide bonds. The van der Waals surface area contributed by atoms with Crippen molar-refractivity contribution in [2.24, 2.45) is 5.92 Å². The highest BCUT2D eigenvalue weighted by atomic mass is 35.5. The lowest BCUT2D eigenvalue weighted by atomic mass is 9.98. The zero-order valence-corrected chi connectivity index (χ0v) is 12.3. The molecule has 0 unspecified atom stereocenters. The fraction of sp³-hybridized carbons (Fsp3) is 0.538. The Morgan fingerprint density at radius 3 is 2.90 bits per heavy atom. The topological polar surface area (TPSA) is 80.0 Å². The van der Waals surface area contributed by atoms with Crippen molar-refractivity contribution in [2.45, 2.75) is 26.0 Å². The molecular weight excluding hydrogens is 292 g/mol. The third-order valence-corrected chi connectivity index (χ3v) is 3.86. The highest BCUT2D eigenvalue weighted by molar-refractivity contribution is 6.29. The smallest absolute Gasteiger partial charge is 0.151 e. The number of aliphatic hydroxyl groups is 1. The number of rotatable bonds is 4. The van der Waals surface area contributed by atoms with Crippen LogP contribution in [-0.4, -0.2) is 43.4 Å². The van der Waals surface area contributed by atoms with Crippen LogP contribution < -0.4 is 4.90 Å². The van der Waals surface area contributed by atoms with E-state index in [1.807, 2.05) is 6.07 Å². The van der Waals surface area contributed by atoms with Gasteiger partial charge < -0.3 is 10.0 Å². The van der Waals surface area contributed by atoms with Crippen LogP contribution in [0, 0.1) is 5.92 Å². The van der Waals surface area contributed by atoms with Gasteiger partial charge in [0.15, 0.2) is 11.0 Å². The molecule has 0 spiro atoms. The molecule has 3 heterocycles. The van der Waals surface area contributed by atoms with Crippen molar-refractivity contribution in [1.29, 1.82) is 0 Å². The molecule has 1 fully saturated rings. The molecule has 2 aromatic rings. The van der Waals surface area contributed by atoms with Gasteiger partial charge in [-0.25, -0.2) is 0 Å². The molecule has 1 N–H and O–H groups in total. The number of aliphatic hydroxyl groups excluding tert-OH is 1. The highest BCUT2D eigenvalue weighted by Crippen LogP contribution is 2.22. The van der Waals surface area contributed by atoms with Crippen LogP contribution in [0.25, 0.3) is 0 Å². The summed E-state index contributed by atoms with van der Waals surface area (Å²) in [6, 6.07) is 3.66. The molecule has 3 rings (SSSR count). The molecule has 1 aliphatic rings. The molecule has 0 aliphatic carbocycles. The number of nitrogens with zero attached hydrogens (tertiary/aromatic N) is 6. The van der Waals surface area contributed by atoms with Crippen molar-refractivity contribution < 1.29 is 5.11 Å². The summed E-state index contributed by atoms with van der Waals surface area (Å²) < 4.78 is 1.80. The van der Waals surface area contributed by atoms with Crippen LogP contribution in [-0.2, 0) is 13.2 Å². The Morgan fingerprint density at radius 1 is 1.29 bits per heavy atom. The van der Waals surface area contributed by atoms with Crippen molar-refractivity contribution in [3.05, 3.63) is 29.2 Å². The minimum Gasteiger partial charge on any atom is -0.390 e. The van der Waals surface area contributed by atoms with E-state index >= 15 is 0 Å². The molecule has 0 aromatic carbocycles. The van der Waals surface area contributed by atoms with Crippen LogP contribution in [0.4, 0.5) is 5.82 Å². The van der Waals surface area contributed by atoms with Crippen LogP contribution in [0.15, 0.2) is 18.3 Å². The van der Waals surface area contributed by atoms with Crippen LogP contribution >= 0.6 is 11.6 Å². The molecule has 21 heavy (non-hydrogen) atoms. The molecule has 112 valence electrons. The van der Waals surface area contributed by atoms with Gasteiger partial charge in [-0.15, -0.1) is 15.3 Å². The average Bonchev–Trinajstić information content (AvgIpc) is 2.96. The Bertz CT molecular complexity index is 587. The van der Waals surface area contributed by atoms with Gasteiger partial charge in [-0.1, -0.05) is 16.8 Å². The summed E-state index contributed by atoms with van der Waals surface area (Å²) in [6.45, 7) is 2.61. The van der Waals surface area contributed by atoms with E-state index < -0.39 is 0 Å². The van der Waals surface area contributed by atoms with Gasteiger partial charge >= 0.3 is 0 Å². The van der Waals surface area contributed by atoms with Crippen LogP contribution in [0.5, 0.6) is 0 Å². The second kappa shape index (κ2) is 6.36. The summed E-state index contributed by atoms with van der Waals surface area (Å²) in [4.78, 5) is 2.22. The van der Waals surface area contributed by atoms with E-state index in [4.69, 9.17) is 16.7 Å². The first-order chi connectivity index (χ1) is 10.2. The lowest BCUT2D eigenvalue weighted by Gasteiger charge is -2.33. The summed E-state index contributed by atoms with van der Waals surface area (Å²) in [5.41, 5.74) is 0.603. The number of hydrogen-bond acceptors (Lipinski definition) is 6. The molecule has 1 atom stereocenters. The number of halogens is 1. The van der Waals surface area contributed by atoms with Gasteiger partial charge in [0.05, 0.1) is 12.8 Å². The van der Waals surface area contributed by atoms with Crippen molar-refractivity contribution in [2.75, 3.05) is 18.0 Å². The van der Waals surface area contributed by atoms with E-state index in [0.717, 1.165) is 38.3 Å². The largest absolute Gasteiger partial charge is 0.390 e. The van der Waals surface area contributed by atoms with Gasteiger partial charge in [0.2, 0.25) is 0 Å². The Labute approximate surface area is 127 Å². The Balaban J connectivity index is 1.63. The lowest BCUT2D eigenvalue weighted by molar-refractivity contribution is 0.276. The maximum Gasteiger partial charge on any atom is 0.151 e. The summed E-state index contributed by atoms with van der Waals surface area (Å²) >= 11 is 5.77. The van der Waals surface area contributed by atoms with Gasteiger partial charge in [-0.3, -0.25) is 4.68 Å². The SMILES string of the molecule is OCc1cn(C[C@@H]2CCCN(c3ccc(Cl)nn3)C2)nn1. The highest BCUT2D eigenvalue weighted by Gasteiger charge is 2.22. The molecule has 0 saturated carbocycles. The quantitative estimate of drug-likeness (QED) is 0.912. The fourth-order valence-corrected chi connectivity index (χ4v) is 2.77. The van der Waals surface area contributed by atoms with Gasteiger partial charge in [0.25, 0.3) is 0 Å². The van der Waals surface area contributed by atoms with E-state index in [9.17, 15) is 0 Å².